The molecule has 2 aromatic rings. The number of aryl methyl sites for hydroxylation is 2. The number of phenolic OH excluding ortho intramolecular Hbond substituents is 1. The van der Waals surface area contributed by atoms with Crippen LogP contribution in [0.2, 0.25) is 0 Å². The van der Waals surface area contributed by atoms with Crippen LogP contribution < -0.4 is 0 Å². The van der Waals surface area contributed by atoms with Crippen LogP contribution in [0.1, 0.15) is 46.7 Å². The number of aliphatic imine (C=N–C) groups is 1. The molecule has 4 heteroatoms. The average molecular weight is 320 g/mol. The number of benzene rings is 1. The maximum absolute atomic E-state index is 11.2. The Hall–Kier alpha value is -2.88. The Kier molecular flexibility index (Phi) is 3.97. The number of aromatic hydroxyl groups is 1. The van der Waals surface area contributed by atoms with Gasteiger partial charge >= 0.3 is 0 Å². The summed E-state index contributed by atoms with van der Waals surface area (Å²) in [6.07, 6.45) is 2.71. The van der Waals surface area contributed by atoms with E-state index in [0.29, 0.717) is 6.29 Å². The van der Waals surface area contributed by atoms with Gasteiger partial charge in [0, 0.05) is 17.0 Å². The Balaban J connectivity index is 2.33. The number of hydrogen-bond donors (Lipinski definition) is 2. The first kappa shape index (κ1) is 16.0. The predicted octanol–water partition coefficient (Wildman–Crippen LogP) is 4.33. The molecule has 0 radical (unpaired) electrons. The van der Waals surface area contributed by atoms with Gasteiger partial charge in [0.25, 0.3) is 0 Å². The van der Waals surface area contributed by atoms with E-state index < -0.39 is 0 Å². The Morgan fingerprint density at radius 3 is 2.46 bits per heavy atom. The monoisotopic (exact) mass is 320 g/mol. The van der Waals surface area contributed by atoms with Gasteiger partial charge in [0.2, 0.25) is 0 Å². The van der Waals surface area contributed by atoms with Crippen LogP contribution >= 0.6 is 0 Å². The number of rotatable bonds is 3. The lowest BCUT2D eigenvalue weighted by atomic mass is 9.94. The fraction of sp³-hybridized carbons (Fsp3) is 0.200. The molecular formula is C20H20N2O2. The van der Waals surface area contributed by atoms with E-state index in [0.717, 1.165) is 45.1 Å². The van der Waals surface area contributed by atoms with E-state index in [-0.39, 0.29) is 11.3 Å². The van der Waals surface area contributed by atoms with Gasteiger partial charge in [-0.2, -0.15) is 0 Å². The zero-order valence-corrected chi connectivity index (χ0v) is 14.3. The third-order valence-corrected chi connectivity index (χ3v) is 4.17. The number of phenols is 1. The standard InChI is InChI=1S/C20H20N2O2/c1-11-7-13(3)21-19(11)18(20-12(2)8-14(4)22-20)15-5-6-17(24)16(9-15)10-23/h5-10,21,24H,1-4H3/b20-18-. The molecule has 3 rings (SSSR count). The molecule has 1 aliphatic rings. The van der Waals surface area contributed by atoms with Crippen molar-refractivity contribution in [2.24, 2.45) is 4.99 Å². The molecule has 4 nitrogen and oxygen atoms in total. The number of allylic oxidation sites excluding steroid dienone is 2. The lowest BCUT2D eigenvalue weighted by Crippen LogP contribution is -1.97. The lowest BCUT2D eigenvalue weighted by molar-refractivity contribution is 0.112. The summed E-state index contributed by atoms with van der Waals surface area (Å²) in [4.78, 5) is 19.3. The zero-order valence-electron chi connectivity index (χ0n) is 14.3. The minimum Gasteiger partial charge on any atom is -0.507 e. The number of nitrogens with zero attached hydrogens (tertiary/aromatic N) is 1. The third kappa shape index (κ3) is 2.71. The van der Waals surface area contributed by atoms with Crippen LogP contribution in [0.15, 0.2) is 46.6 Å². The quantitative estimate of drug-likeness (QED) is 0.827. The van der Waals surface area contributed by atoms with Crippen LogP contribution in [-0.2, 0) is 0 Å². The van der Waals surface area contributed by atoms with Gasteiger partial charge in [-0.05, 0) is 68.7 Å². The van der Waals surface area contributed by atoms with Crippen LogP contribution in [0.4, 0.5) is 0 Å². The number of carbonyl (C=O) groups excluding carboxylic acids is 1. The number of carbonyl (C=O) groups is 1. The molecule has 0 amide bonds. The largest absolute Gasteiger partial charge is 0.507 e. The summed E-state index contributed by atoms with van der Waals surface area (Å²) in [5.41, 5.74) is 8.14. The molecule has 0 spiro atoms. The summed E-state index contributed by atoms with van der Waals surface area (Å²) in [5, 5.41) is 9.81. The smallest absolute Gasteiger partial charge is 0.153 e. The molecule has 0 saturated carbocycles. The Morgan fingerprint density at radius 2 is 1.92 bits per heavy atom. The molecule has 122 valence electrons. The highest BCUT2D eigenvalue weighted by Gasteiger charge is 2.20. The van der Waals surface area contributed by atoms with Gasteiger partial charge in [-0.1, -0.05) is 6.07 Å². The molecule has 0 bridgehead atoms. The first-order valence-electron chi connectivity index (χ1n) is 7.84. The van der Waals surface area contributed by atoms with E-state index in [1.807, 2.05) is 39.8 Å². The lowest BCUT2D eigenvalue weighted by Gasteiger charge is -2.13. The van der Waals surface area contributed by atoms with Crippen LogP contribution in [0.3, 0.4) is 0 Å². The summed E-state index contributed by atoms with van der Waals surface area (Å²) in [6.45, 7) is 8.06. The van der Waals surface area contributed by atoms with Crippen molar-refractivity contribution in [3.8, 4) is 5.75 Å². The Morgan fingerprint density at radius 1 is 1.17 bits per heavy atom. The van der Waals surface area contributed by atoms with Crippen molar-refractivity contribution in [3.63, 3.8) is 0 Å². The second-order valence-electron chi connectivity index (χ2n) is 6.21. The van der Waals surface area contributed by atoms with Gasteiger partial charge in [-0.15, -0.1) is 0 Å². The van der Waals surface area contributed by atoms with E-state index in [2.05, 4.69) is 16.0 Å². The van der Waals surface area contributed by atoms with Crippen molar-refractivity contribution in [1.82, 2.24) is 4.98 Å². The number of aromatic nitrogens is 1. The highest BCUT2D eigenvalue weighted by atomic mass is 16.3. The van der Waals surface area contributed by atoms with E-state index >= 15 is 0 Å². The van der Waals surface area contributed by atoms with Crippen molar-refractivity contribution in [1.29, 1.82) is 0 Å². The Bertz CT molecular complexity index is 927. The molecule has 2 N–H and O–H groups in total. The fourth-order valence-corrected chi connectivity index (χ4v) is 3.12. The molecule has 0 atom stereocenters. The maximum Gasteiger partial charge on any atom is 0.153 e. The normalized spacial score (nSPS) is 16.0. The van der Waals surface area contributed by atoms with Crippen molar-refractivity contribution in [3.05, 3.63) is 69.7 Å². The fourth-order valence-electron chi connectivity index (χ4n) is 3.12. The number of H-pyrrole nitrogens is 1. The van der Waals surface area contributed by atoms with Crippen molar-refractivity contribution < 1.29 is 9.90 Å². The number of nitrogens with one attached hydrogen (secondary N) is 1. The highest BCUT2D eigenvalue weighted by Crippen LogP contribution is 2.36. The van der Waals surface area contributed by atoms with Crippen molar-refractivity contribution >= 4 is 17.6 Å². The van der Waals surface area contributed by atoms with Gasteiger partial charge in [-0.3, -0.25) is 9.79 Å². The molecule has 2 heterocycles. The number of aromatic amines is 1. The first-order chi connectivity index (χ1) is 11.4. The summed E-state index contributed by atoms with van der Waals surface area (Å²) in [5.74, 6) is -0.0177. The summed E-state index contributed by atoms with van der Waals surface area (Å²) in [6, 6.07) is 7.16. The van der Waals surface area contributed by atoms with Gasteiger partial charge in [-0.25, -0.2) is 0 Å². The van der Waals surface area contributed by atoms with Crippen LogP contribution in [-0.4, -0.2) is 22.1 Å². The molecular weight excluding hydrogens is 300 g/mol. The van der Waals surface area contributed by atoms with Crippen molar-refractivity contribution in [2.45, 2.75) is 27.7 Å². The summed E-state index contributed by atoms with van der Waals surface area (Å²) >= 11 is 0. The topological polar surface area (TPSA) is 65.5 Å². The second-order valence-corrected chi connectivity index (χ2v) is 6.21. The van der Waals surface area contributed by atoms with E-state index in [9.17, 15) is 9.90 Å². The van der Waals surface area contributed by atoms with Crippen LogP contribution in [0.25, 0.3) is 5.57 Å². The minimum absolute atomic E-state index is 0.0177. The van der Waals surface area contributed by atoms with Gasteiger partial charge in [0.1, 0.15) is 5.75 Å². The van der Waals surface area contributed by atoms with E-state index in [1.54, 1.807) is 12.1 Å². The Labute approximate surface area is 141 Å². The van der Waals surface area contributed by atoms with Crippen LogP contribution in [0, 0.1) is 13.8 Å². The molecule has 24 heavy (non-hydrogen) atoms. The van der Waals surface area contributed by atoms with E-state index in [4.69, 9.17) is 0 Å². The number of hydrogen-bond acceptors (Lipinski definition) is 3. The molecule has 0 saturated heterocycles. The summed E-state index contributed by atoms with van der Waals surface area (Å²) in [7, 11) is 0. The molecule has 1 aromatic heterocycles. The molecule has 1 aromatic carbocycles. The molecule has 1 aliphatic heterocycles. The average Bonchev–Trinajstić information content (AvgIpc) is 3.03. The maximum atomic E-state index is 11.2. The molecule has 0 fully saturated rings. The minimum atomic E-state index is -0.0177. The van der Waals surface area contributed by atoms with Crippen LogP contribution in [0.5, 0.6) is 5.75 Å². The van der Waals surface area contributed by atoms with Gasteiger partial charge in [0.15, 0.2) is 6.29 Å². The van der Waals surface area contributed by atoms with Gasteiger partial charge in [0.05, 0.1) is 17.0 Å². The molecule has 0 unspecified atom stereocenters. The summed E-state index contributed by atoms with van der Waals surface area (Å²) < 4.78 is 0. The second kappa shape index (κ2) is 5.96. The SMILES string of the molecule is CC1=CC(C)=N/C1=C(/c1ccc(O)c(C=O)c1)c1[nH]c(C)cc1C. The van der Waals surface area contributed by atoms with E-state index in [1.165, 1.54) is 0 Å². The highest BCUT2D eigenvalue weighted by molar-refractivity contribution is 6.01. The number of aldehydes is 1. The zero-order chi connectivity index (χ0) is 17.4. The predicted molar refractivity (Wildman–Crippen MR) is 96.6 cm³/mol. The third-order valence-electron chi connectivity index (χ3n) is 4.17. The van der Waals surface area contributed by atoms with Gasteiger partial charge < -0.3 is 10.1 Å². The molecule has 0 aliphatic carbocycles. The first-order valence-corrected chi connectivity index (χ1v) is 7.84. The van der Waals surface area contributed by atoms with Crippen molar-refractivity contribution in [2.75, 3.05) is 0 Å².